The van der Waals surface area contributed by atoms with Gasteiger partial charge in [-0.25, -0.2) is 8.42 Å². The smallest absolute Gasteiger partial charge is 0.240 e. The molecule has 1 aliphatic carbocycles. The second kappa shape index (κ2) is 6.11. The summed E-state index contributed by atoms with van der Waals surface area (Å²) in [6.45, 7) is -0.300. The third kappa shape index (κ3) is 4.25. The molecule has 0 bridgehead atoms. The fourth-order valence-electron chi connectivity index (χ4n) is 1.87. The minimum Gasteiger partial charge on any atom is -0.495 e. The molecular weight excluding hydrogens is 316 g/mol. The fraction of sp³-hybridized carbons (Fsp3) is 0.462. The van der Waals surface area contributed by atoms with Gasteiger partial charge in [-0.1, -0.05) is 11.6 Å². The topological polar surface area (TPSA) is 75.7 Å². The third-order valence-corrected chi connectivity index (χ3v) is 4.40. The van der Waals surface area contributed by atoms with Crippen LogP contribution in [0.25, 0.3) is 0 Å². The van der Waals surface area contributed by atoms with E-state index in [1.807, 2.05) is 0 Å². The summed E-state index contributed by atoms with van der Waals surface area (Å²) in [5.41, 5.74) is 0.249. The van der Waals surface area contributed by atoms with Crippen molar-refractivity contribution >= 4 is 33.2 Å². The van der Waals surface area contributed by atoms with E-state index in [2.05, 4.69) is 5.32 Å². The number of anilines is 1. The van der Waals surface area contributed by atoms with Crippen LogP contribution in [-0.4, -0.2) is 40.3 Å². The second-order valence-corrected chi connectivity index (χ2v) is 7.27. The number of amides is 1. The van der Waals surface area contributed by atoms with Gasteiger partial charge in [-0.3, -0.25) is 9.10 Å². The van der Waals surface area contributed by atoms with Gasteiger partial charge in [-0.15, -0.1) is 0 Å². The largest absolute Gasteiger partial charge is 0.495 e. The van der Waals surface area contributed by atoms with Gasteiger partial charge in [-0.2, -0.15) is 0 Å². The van der Waals surface area contributed by atoms with Crippen LogP contribution in [-0.2, 0) is 14.8 Å². The number of methoxy groups -OCH3 is 1. The van der Waals surface area contributed by atoms with Crippen LogP contribution >= 0.6 is 11.6 Å². The zero-order chi connectivity index (χ0) is 15.6. The Hall–Kier alpha value is -1.47. The lowest BCUT2D eigenvalue weighted by Crippen LogP contribution is -2.41. The maximum Gasteiger partial charge on any atom is 0.240 e. The number of carbonyl (C=O) groups is 1. The van der Waals surface area contributed by atoms with Crippen LogP contribution in [0, 0.1) is 0 Å². The van der Waals surface area contributed by atoms with E-state index < -0.39 is 10.0 Å². The Morgan fingerprint density at radius 3 is 2.67 bits per heavy atom. The highest BCUT2D eigenvalue weighted by Crippen LogP contribution is 2.32. The van der Waals surface area contributed by atoms with Gasteiger partial charge in [0, 0.05) is 11.1 Å². The molecule has 1 fully saturated rings. The Morgan fingerprint density at radius 2 is 2.14 bits per heavy atom. The van der Waals surface area contributed by atoms with Crippen LogP contribution in [0.2, 0.25) is 5.02 Å². The first kappa shape index (κ1) is 15.9. The Kier molecular flexibility index (Phi) is 4.63. The molecule has 0 radical (unpaired) electrons. The number of nitrogens with zero attached hydrogens (tertiary/aromatic N) is 1. The van der Waals surface area contributed by atoms with Gasteiger partial charge in [0.05, 0.1) is 19.1 Å². The second-order valence-electron chi connectivity index (χ2n) is 4.93. The molecule has 1 aromatic rings. The zero-order valence-electron chi connectivity index (χ0n) is 11.8. The maximum absolute atomic E-state index is 12.0. The molecule has 0 heterocycles. The van der Waals surface area contributed by atoms with E-state index in [0.717, 1.165) is 23.4 Å². The molecule has 2 rings (SSSR count). The number of benzene rings is 1. The van der Waals surface area contributed by atoms with Crippen molar-refractivity contribution in [2.24, 2.45) is 0 Å². The van der Waals surface area contributed by atoms with Crippen molar-refractivity contribution in [1.29, 1.82) is 0 Å². The first-order chi connectivity index (χ1) is 9.81. The van der Waals surface area contributed by atoms with Crippen LogP contribution < -0.4 is 14.4 Å². The molecule has 0 spiro atoms. The van der Waals surface area contributed by atoms with Crippen molar-refractivity contribution in [3.05, 3.63) is 23.2 Å². The Bertz CT molecular complexity index is 644. The van der Waals surface area contributed by atoms with Crippen LogP contribution in [0.4, 0.5) is 5.69 Å². The molecule has 1 amide bonds. The highest BCUT2D eigenvalue weighted by atomic mass is 35.5. The number of rotatable bonds is 6. The number of nitrogens with one attached hydrogen (secondary N) is 1. The van der Waals surface area contributed by atoms with Gasteiger partial charge < -0.3 is 10.1 Å². The number of halogens is 1. The minimum absolute atomic E-state index is 0.167. The van der Waals surface area contributed by atoms with Crippen LogP contribution in [0.15, 0.2) is 18.2 Å². The first-order valence-electron chi connectivity index (χ1n) is 6.42. The first-order valence-corrected chi connectivity index (χ1v) is 8.64. The van der Waals surface area contributed by atoms with Crippen LogP contribution in [0.5, 0.6) is 5.75 Å². The van der Waals surface area contributed by atoms with Crippen molar-refractivity contribution in [2.75, 3.05) is 24.2 Å². The highest BCUT2D eigenvalue weighted by Gasteiger charge is 2.28. The molecule has 6 nitrogen and oxygen atoms in total. The summed E-state index contributed by atoms with van der Waals surface area (Å²) in [5, 5.41) is 3.12. The zero-order valence-corrected chi connectivity index (χ0v) is 13.4. The fourth-order valence-corrected chi connectivity index (χ4v) is 2.89. The average Bonchev–Trinajstić information content (AvgIpc) is 3.18. The molecule has 1 saturated carbocycles. The lowest BCUT2D eigenvalue weighted by atomic mass is 10.3. The van der Waals surface area contributed by atoms with Crippen molar-refractivity contribution in [3.63, 3.8) is 0 Å². The molecule has 0 atom stereocenters. The molecular formula is C13H17ClN2O4S. The summed E-state index contributed by atoms with van der Waals surface area (Å²) >= 11 is 5.92. The summed E-state index contributed by atoms with van der Waals surface area (Å²) < 4.78 is 30.1. The normalized spacial score (nSPS) is 14.6. The number of sulfonamides is 1. The predicted molar refractivity (Wildman–Crippen MR) is 81.4 cm³/mol. The van der Waals surface area contributed by atoms with E-state index >= 15 is 0 Å². The van der Waals surface area contributed by atoms with Crippen molar-refractivity contribution in [3.8, 4) is 5.75 Å². The Morgan fingerprint density at radius 1 is 1.48 bits per heavy atom. The van der Waals surface area contributed by atoms with E-state index in [-0.39, 0.29) is 24.2 Å². The van der Waals surface area contributed by atoms with E-state index in [4.69, 9.17) is 16.3 Å². The van der Waals surface area contributed by atoms with Gasteiger partial charge in [0.2, 0.25) is 15.9 Å². The Balaban J connectivity index is 2.31. The lowest BCUT2D eigenvalue weighted by molar-refractivity contribution is -0.119. The summed E-state index contributed by atoms with van der Waals surface area (Å²) in [4.78, 5) is 11.9. The molecule has 116 valence electrons. The molecule has 1 aromatic carbocycles. The van der Waals surface area contributed by atoms with Gasteiger partial charge in [0.1, 0.15) is 12.3 Å². The molecule has 0 aliphatic heterocycles. The number of hydrogen-bond acceptors (Lipinski definition) is 4. The molecule has 1 aliphatic rings. The summed E-state index contributed by atoms with van der Waals surface area (Å²) in [5.74, 6) is -0.00556. The minimum atomic E-state index is -3.64. The van der Waals surface area contributed by atoms with E-state index in [9.17, 15) is 13.2 Å². The molecule has 8 heteroatoms. The number of carbonyl (C=O) groups excluding carboxylic acids is 1. The van der Waals surface area contributed by atoms with Gasteiger partial charge in [-0.05, 0) is 31.0 Å². The molecule has 0 saturated heterocycles. The maximum atomic E-state index is 12.0. The van der Waals surface area contributed by atoms with Crippen molar-refractivity contribution in [2.45, 2.75) is 18.9 Å². The molecule has 21 heavy (non-hydrogen) atoms. The quantitative estimate of drug-likeness (QED) is 0.854. The van der Waals surface area contributed by atoms with E-state index in [1.165, 1.54) is 13.2 Å². The lowest BCUT2D eigenvalue weighted by Gasteiger charge is -2.24. The number of hydrogen-bond donors (Lipinski definition) is 1. The average molecular weight is 333 g/mol. The molecule has 0 aromatic heterocycles. The summed E-state index contributed by atoms with van der Waals surface area (Å²) in [6.07, 6.45) is 2.91. The SMILES string of the molecule is COc1ccc(Cl)cc1N(CC(=O)NC1CC1)S(C)(=O)=O. The van der Waals surface area contributed by atoms with Crippen molar-refractivity contribution in [1.82, 2.24) is 5.32 Å². The van der Waals surface area contributed by atoms with Crippen molar-refractivity contribution < 1.29 is 17.9 Å². The van der Waals surface area contributed by atoms with Gasteiger partial charge >= 0.3 is 0 Å². The van der Waals surface area contributed by atoms with E-state index in [1.54, 1.807) is 12.1 Å². The number of ether oxygens (including phenoxy) is 1. The van der Waals surface area contributed by atoms with Gasteiger partial charge in [0.15, 0.2) is 0 Å². The molecule has 0 unspecified atom stereocenters. The van der Waals surface area contributed by atoms with Gasteiger partial charge in [0.25, 0.3) is 0 Å². The highest BCUT2D eigenvalue weighted by molar-refractivity contribution is 7.92. The summed E-state index contributed by atoms with van der Waals surface area (Å²) in [7, 11) is -2.22. The van der Waals surface area contributed by atoms with E-state index in [0.29, 0.717) is 10.8 Å². The monoisotopic (exact) mass is 332 g/mol. The van der Waals surface area contributed by atoms with Crippen LogP contribution in [0.3, 0.4) is 0 Å². The standard InChI is InChI=1S/C13H17ClN2O4S/c1-20-12-6-3-9(14)7-11(12)16(21(2,18)19)8-13(17)15-10-4-5-10/h3,6-7,10H,4-5,8H2,1-2H3,(H,15,17). The Labute approximate surface area is 129 Å². The summed E-state index contributed by atoms with van der Waals surface area (Å²) in [6, 6.07) is 4.79. The third-order valence-electron chi connectivity index (χ3n) is 3.04. The molecule has 1 N–H and O–H groups in total. The predicted octanol–water partition coefficient (Wildman–Crippen LogP) is 1.39. The van der Waals surface area contributed by atoms with Crippen LogP contribution in [0.1, 0.15) is 12.8 Å².